The van der Waals surface area contributed by atoms with E-state index in [1.165, 1.54) is 23.3 Å². The van der Waals surface area contributed by atoms with Crippen molar-refractivity contribution < 1.29 is 4.79 Å². The number of hydrogen-bond acceptors (Lipinski definition) is 4. The Morgan fingerprint density at radius 3 is 2.84 bits per heavy atom. The van der Waals surface area contributed by atoms with Crippen LogP contribution >= 0.6 is 11.3 Å². The molecular formula is C20H25N3OS. The van der Waals surface area contributed by atoms with Crippen molar-refractivity contribution in [3.05, 3.63) is 29.3 Å². The number of carbonyl (C=O) groups excluding carboxylic acids is 1. The van der Waals surface area contributed by atoms with Crippen LogP contribution in [0.4, 0.5) is 0 Å². The Kier molecular flexibility index (Phi) is 3.95. The Labute approximate surface area is 152 Å². The maximum Gasteiger partial charge on any atom is 0.240 e. The molecule has 2 aromatic rings. The second-order valence-electron chi connectivity index (χ2n) is 8.16. The number of nitrogens with zero attached hydrogens (tertiary/aromatic N) is 2. The molecule has 2 aliphatic rings. The van der Waals surface area contributed by atoms with Gasteiger partial charge in [0, 0.05) is 24.0 Å². The van der Waals surface area contributed by atoms with Crippen molar-refractivity contribution in [3.63, 3.8) is 0 Å². The highest BCUT2D eigenvalue weighted by Gasteiger charge is 2.59. The van der Waals surface area contributed by atoms with E-state index in [9.17, 15) is 4.79 Å². The minimum Gasteiger partial charge on any atom is -0.273 e. The average molecular weight is 356 g/mol. The predicted molar refractivity (Wildman–Crippen MR) is 103 cm³/mol. The maximum absolute atomic E-state index is 12.2. The van der Waals surface area contributed by atoms with Gasteiger partial charge in [0.2, 0.25) is 5.91 Å². The van der Waals surface area contributed by atoms with Gasteiger partial charge >= 0.3 is 0 Å². The Bertz CT molecular complexity index is 820. The lowest BCUT2D eigenvalue weighted by Crippen LogP contribution is -2.34. The van der Waals surface area contributed by atoms with Gasteiger partial charge in [0.25, 0.3) is 0 Å². The number of carbonyl (C=O) groups is 1. The van der Waals surface area contributed by atoms with Crippen molar-refractivity contribution in [2.75, 3.05) is 0 Å². The molecule has 1 aromatic heterocycles. The number of aromatic nitrogens is 1. The average Bonchev–Trinajstić information content (AvgIpc) is 3.16. The molecule has 0 aliphatic heterocycles. The van der Waals surface area contributed by atoms with Crippen LogP contribution in [0.1, 0.15) is 51.5 Å². The van der Waals surface area contributed by atoms with Crippen LogP contribution in [-0.4, -0.2) is 16.6 Å². The van der Waals surface area contributed by atoms with Crippen LogP contribution in [0, 0.1) is 16.7 Å². The van der Waals surface area contributed by atoms with Gasteiger partial charge in [-0.1, -0.05) is 32.9 Å². The van der Waals surface area contributed by atoms with Crippen LogP contribution in [0.15, 0.2) is 29.4 Å². The Balaban J connectivity index is 1.37. The fourth-order valence-corrected chi connectivity index (χ4v) is 5.50. The topological polar surface area (TPSA) is 54.4 Å². The quantitative estimate of drug-likeness (QED) is 0.818. The van der Waals surface area contributed by atoms with E-state index >= 15 is 0 Å². The molecule has 0 radical (unpaired) electrons. The second-order valence-corrected chi connectivity index (χ2v) is 9.28. The van der Waals surface area contributed by atoms with Crippen LogP contribution in [-0.2, 0) is 11.2 Å². The highest BCUT2D eigenvalue weighted by molar-refractivity contribution is 7.18. The minimum atomic E-state index is -0.0177. The molecule has 2 aliphatic carbocycles. The van der Waals surface area contributed by atoms with E-state index < -0.39 is 0 Å². The molecule has 1 amide bonds. The molecule has 2 bridgehead atoms. The summed E-state index contributed by atoms with van der Waals surface area (Å²) in [6, 6.07) is 8.09. The number of para-hydroxylation sites is 1. The minimum absolute atomic E-state index is 0.0177. The van der Waals surface area contributed by atoms with Crippen molar-refractivity contribution >= 4 is 33.2 Å². The largest absolute Gasteiger partial charge is 0.273 e. The lowest BCUT2D eigenvalue weighted by molar-refractivity contribution is -0.121. The number of rotatable bonds is 4. The molecule has 2 fully saturated rings. The molecule has 2 atom stereocenters. The molecule has 1 heterocycles. The molecule has 0 saturated heterocycles. The standard InChI is InChI=1S/C20H25N3OS/c1-19(2)13-10-11-20(19,3)16(12-13)22-23-17(24)8-9-18-21-14-6-4-5-7-15(14)25-18/h4-7,13H,8-12H2,1-3H3,(H,23,24)/b22-16+/t13-,20-/m0/s1. The van der Waals surface area contributed by atoms with Crippen molar-refractivity contribution in [1.82, 2.24) is 10.4 Å². The van der Waals surface area contributed by atoms with E-state index in [-0.39, 0.29) is 16.7 Å². The van der Waals surface area contributed by atoms with Crippen LogP contribution in [0.25, 0.3) is 10.2 Å². The number of benzene rings is 1. The van der Waals surface area contributed by atoms with Crippen molar-refractivity contribution in [3.8, 4) is 0 Å². The van der Waals surface area contributed by atoms with Gasteiger partial charge in [-0.2, -0.15) is 5.10 Å². The SMILES string of the molecule is CC1(C)[C@H]2CC[C@@]1(C)/C(=N/NC(=O)CCc1nc3ccccc3s1)C2. The molecule has 132 valence electrons. The number of hydrazone groups is 1. The summed E-state index contributed by atoms with van der Waals surface area (Å²) in [5, 5.41) is 5.54. The molecule has 1 N–H and O–H groups in total. The molecule has 4 nitrogen and oxygen atoms in total. The van der Waals surface area contributed by atoms with E-state index in [1.807, 2.05) is 18.2 Å². The zero-order chi connectivity index (χ0) is 17.7. The van der Waals surface area contributed by atoms with Crippen molar-refractivity contribution in [2.45, 2.75) is 52.9 Å². The van der Waals surface area contributed by atoms with E-state index in [4.69, 9.17) is 0 Å². The summed E-state index contributed by atoms with van der Waals surface area (Å²) in [5.41, 5.74) is 5.43. The number of thiazole rings is 1. The van der Waals surface area contributed by atoms with Gasteiger partial charge in [0.1, 0.15) is 0 Å². The summed E-state index contributed by atoms with van der Waals surface area (Å²) in [6.45, 7) is 7.01. The second kappa shape index (κ2) is 5.90. The third-order valence-electron chi connectivity index (χ3n) is 6.73. The third kappa shape index (κ3) is 2.69. The molecule has 5 heteroatoms. The number of nitrogens with one attached hydrogen (secondary N) is 1. The zero-order valence-corrected chi connectivity index (χ0v) is 15.9. The summed E-state index contributed by atoms with van der Waals surface area (Å²) in [6.07, 6.45) is 4.60. The lowest BCUT2D eigenvalue weighted by atomic mass is 9.70. The van der Waals surface area contributed by atoms with Crippen molar-refractivity contribution in [1.29, 1.82) is 0 Å². The van der Waals surface area contributed by atoms with Crippen molar-refractivity contribution in [2.24, 2.45) is 21.8 Å². The van der Waals surface area contributed by atoms with Gasteiger partial charge in [-0.05, 0) is 42.7 Å². The van der Waals surface area contributed by atoms with Gasteiger partial charge in [-0.3, -0.25) is 4.79 Å². The molecule has 1 aromatic carbocycles. The summed E-state index contributed by atoms with van der Waals surface area (Å²) in [5.74, 6) is 0.687. The van der Waals surface area contributed by atoms with Gasteiger partial charge in [0.15, 0.2) is 0 Å². The highest BCUT2D eigenvalue weighted by Crippen LogP contribution is 2.63. The summed E-state index contributed by atoms with van der Waals surface area (Å²) in [4.78, 5) is 16.8. The molecule has 0 unspecified atom stereocenters. The molecule has 4 rings (SSSR count). The van der Waals surface area contributed by atoms with Gasteiger partial charge in [-0.15, -0.1) is 11.3 Å². The summed E-state index contributed by atoms with van der Waals surface area (Å²) < 4.78 is 1.18. The Morgan fingerprint density at radius 1 is 1.36 bits per heavy atom. The van der Waals surface area contributed by atoms with Crippen LogP contribution in [0.5, 0.6) is 0 Å². The first-order chi connectivity index (χ1) is 11.9. The molecule has 0 spiro atoms. The van der Waals surface area contributed by atoms with Crippen LogP contribution in [0.3, 0.4) is 0 Å². The van der Waals surface area contributed by atoms with Gasteiger partial charge < -0.3 is 0 Å². The Hall–Kier alpha value is -1.75. The monoisotopic (exact) mass is 355 g/mol. The maximum atomic E-state index is 12.2. The summed E-state index contributed by atoms with van der Waals surface area (Å²) >= 11 is 1.66. The first-order valence-corrected chi connectivity index (χ1v) is 9.92. The predicted octanol–water partition coefficient (Wildman–Crippen LogP) is 4.55. The third-order valence-corrected chi connectivity index (χ3v) is 7.83. The summed E-state index contributed by atoms with van der Waals surface area (Å²) in [7, 11) is 0. The normalized spacial score (nSPS) is 28.8. The fraction of sp³-hybridized carbons (Fsp3) is 0.550. The van der Waals surface area contributed by atoms with Gasteiger partial charge in [-0.25, -0.2) is 10.4 Å². The first kappa shape index (κ1) is 16.7. The van der Waals surface area contributed by atoms with Crippen LogP contribution in [0.2, 0.25) is 0 Å². The highest BCUT2D eigenvalue weighted by atomic mass is 32.1. The van der Waals surface area contributed by atoms with Gasteiger partial charge in [0.05, 0.1) is 15.2 Å². The van der Waals surface area contributed by atoms with E-state index in [2.05, 4.69) is 42.3 Å². The first-order valence-electron chi connectivity index (χ1n) is 9.10. The number of hydrogen-bond donors (Lipinski definition) is 1. The zero-order valence-electron chi connectivity index (χ0n) is 15.1. The van der Waals surface area contributed by atoms with E-state index in [0.717, 1.165) is 16.9 Å². The Morgan fingerprint density at radius 2 is 2.16 bits per heavy atom. The smallest absolute Gasteiger partial charge is 0.240 e. The van der Waals surface area contributed by atoms with Crippen LogP contribution < -0.4 is 5.43 Å². The number of amides is 1. The fourth-order valence-electron chi connectivity index (χ4n) is 4.53. The number of aryl methyl sites for hydroxylation is 1. The van der Waals surface area contributed by atoms with E-state index in [1.54, 1.807) is 11.3 Å². The van der Waals surface area contributed by atoms with E-state index in [0.29, 0.717) is 18.8 Å². The number of fused-ring (bicyclic) bond motifs is 3. The molecule has 2 saturated carbocycles. The lowest BCUT2D eigenvalue weighted by Gasteiger charge is -2.34. The molecule has 25 heavy (non-hydrogen) atoms. The molecular weight excluding hydrogens is 330 g/mol.